The molecule has 21 heavy (non-hydrogen) atoms. The minimum atomic E-state index is -0.164. The van der Waals surface area contributed by atoms with Crippen LogP contribution in [0.15, 0.2) is 34.8 Å². The summed E-state index contributed by atoms with van der Waals surface area (Å²) in [7, 11) is 2.99. The Hall–Kier alpha value is -1.52. The summed E-state index contributed by atoms with van der Waals surface area (Å²) in [4.78, 5) is 12.7. The van der Waals surface area contributed by atoms with Crippen LogP contribution in [-0.4, -0.2) is 20.0 Å². The number of hydrogen-bond donors (Lipinski definition) is 0. The minimum absolute atomic E-state index is 0.164. The molecule has 0 atom stereocenters. The molecule has 2 aromatic carbocycles. The van der Waals surface area contributed by atoms with Crippen LogP contribution in [0.1, 0.15) is 21.5 Å². The highest BCUT2D eigenvalue weighted by Gasteiger charge is 2.21. The van der Waals surface area contributed by atoms with E-state index in [1.54, 1.807) is 18.2 Å². The van der Waals surface area contributed by atoms with E-state index in [0.29, 0.717) is 22.6 Å². The minimum Gasteiger partial charge on any atom is -0.495 e. The van der Waals surface area contributed by atoms with Crippen LogP contribution in [0.2, 0.25) is 5.02 Å². The van der Waals surface area contributed by atoms with Crippen molar-refractivity contribution in [3.8, 4) is 11.5 Å². The van der Waals surface area contributed by atoms with Crippen molar-refractivity contribution < 1.29 is 14.3 Å². The Morgan fingerprint density at radius 2 is 1.76 bits per heavy atom. The molecular formula is C16H14BrClO3. The largest absolute Gasteiger partial charge is 0.495 e. The van der Waals surface area contributed by atoms with E-state index >= 15 is 0 Å². The molecule has 2 aromatic rings. The zero-order valence-corrected chi connectivity index (χ0v) is 14.2. The summed E-state index contributed by atoms with van der Waals surface area (Å²) in [6.07, 6.45) is 0. The van der Waals surface area contributed by atoms with Gasteiger partial charge in [0.1, 0.15) is 10.8 Å². The second-order valence-electron chi connectivity index (χ2n) is 4.48. The predicted molar refractivity (Wildman–Crippen MR) is 86.9 cm³/mol. The topological polar surface area (TPSA) is 35.5 Å². The predicted octanol–water partition coefficient (Wildman–Crippen LogP) is 4.66. The fourth-order valence-electron chi connectivity index (χ4n) is 2.02. The molecule has 0 amide bonds. The summed E-state index contributed by atoms with van der Waals surface area (Å²) in [5.41, 5.74) is 2.02. The molecule has 0 saturated carbocycles. The van der Waals surface area contributed by atoms with Gasteiger partial charge in [0, 0.05) is 10.0 Å². The third kappa shape index (κ3) is 3.06. The van der Waals surface area contributed by atoms with Crippen molar-refractivity contribution in [2.45, 2.75) is 6.92 Å². The number of carbonyl (C=O) groups is 1. The Labute approximate surface area is 137 Å². The molecule has 0 unspecified atom stereocenters. The first-order valence-corrected chi connectivity index (χ1v) is 7.38. The van der Waals surface area contributed by atoms with E-state index in [0.717, 1.165) is 10.0 Å². The van der Waals surface area contributed by atoms with Crippen LogP contribution in [-0.2, 0) is 0 Å². The first-order valence-electron chi connectivity index (χ1n) is 6.21. The van der Waals surface area contributed by atoms with Gasteiger partial charge in [-0.1, -0.05) is 33.6 Å². The molecule has 110 valence electrons. The van der Waals surface area contributed by atoms with Gasteiger partial charge in [-0.05, 0) is 36.8 Å². The number of halogens is 2. The average Bonchev–Trinajstić information content (AvgIpc) is 2.46. The second-order valence-corrected chi connectivity index (χ2v) is 5.71. The van der Waals surface area contributed by atoms with E-state index in [2.05, 4.69) is 15.9 Å². The first kappa shape index (κ1) is 15.9. The number of hydrogen-bond acceptors (Lipinski definition) is 3. The van der Waals surface area contributed by atoms with Gasteiger partial charge in [-0.15, -0.1) is 0 Å². The van der Waals surface area contributed by atoms with Crippen molar-refractivity contribution in [1.82, 2.24) is 0 Å². The zero-order chi connectivity index (χ0) is 15.6. The van der Waals surface area contributed by atoms with E-state index in [9.17, 15) is 4.79 Å². The molecule has 5 heteroatoms. The summed E-state index contributed by atoms with van der Waals surface area (Å²) in [6, 6.07) is 8.86. The molecular weight excluding hydrogens is 356 g/mol. The first-order chi connectivity index (χ1) is 9.99. The van der Waals surface area contributed by atoms with Gasteiger partial charge in [0.2, 0.25) is 0 Å². The molecule has 0 spiro atoms. The van der Waals surface area contributed by atoms with Gasteiger partial charge in [0.05, 0.1) is 19.8 Å². The normalized spacial score (nSPS) is 10.3. The van der Waals surface area contributed by atoms with Crippen LogP contribution in [0.25, 0.3) is 0 Å². The van der Waals surface area contributed by atoms with Crippen LogP contribution in [0.3, 0.4) is 0 Å². The van der Waals surface area contributed by atoms with Crippen LogP contribution in [0.4, 0.5) is 0 Å². The molecule has 0 aliphatic carbocycles. The van der Waals surface area contributed by atoms with Crippen molar-refractivity contribution in [2.24, 2.45) is 0 Å². The molecule has 2 rings (SSSR count). The Balaban J connectivity index is 2.55. The monoisotopic (exact) mass is 368 g/mol. The lowest BCUT2D eigenvalue weighted by atomic mass is 10.0. The zero-order valence-electron chi connectivity index (χ0n) is 11.9. The van der Waals surface area contributed by atoms with Crippen molar-refractivity contribution in [1.29, 1.82) is 0 Å². The summed E-state index contributed by atoms with van der Waals surface area (Å²) in [6.45, 7) is 1.96. The van der Waals surface area contributed by atoms with Gasteiger partial charge in [-0.25, -0.2) is 0 Å². The quantitative estimate of drug-likeness (QED) is 0.735. The third-order valence-corrected chi connectivity index (χ3v) is 4.11. The van der Waals surface area contributed by atoms with Gasteiger partial charge < -0.3 is 9.47 Å². The van der Waals surface area contributed by atoms with Gasteiger partial charge in [-0.3, -0.25) is 4.79 Å². The van der Waals surface area contributed by atoms with Crippen LogP contribution < -0.4 is 9.47 Å². The van der Waals surface area contributed by atoms with Crippen molar-refractivity contribution in [3.63, 3.8) is 0 Å². The molecule has 0 aromatic heterocycles. The highest BCUT2D eigenvalue weighted by atomic mass is 79.9. The SMILES string of the molecule is COc1ccc(C(=O)c2ccc(C)cc2Br)c(OC)c1Cl. The number of methoxy groups -OCH3 is 2. The van der Waals surface area contributed by atoms with E-state index in [1.807, 2.05) is 19.1 Å². The Morgan fingerprint density at radius 1 is 1.10 bits per heavy atom. The maximum absolute atomic E-state index is 12.7. The van der Waals surface area contributed by atoms with Crippen LogP contribution >= 0.6 is 27.5 Å². The smallest absolute Gasteiger partial charge is 0.197 e. The molecule has 0 heterocycles. The van der Waals surface area contributed by atoms with E-state index in [-0.39, 0.29) is 10.8 Å². The average molecular weight is 370 g/mol. The Kier molecular flexibility index (Phi) is 4.91. The van der Waals surface area contributed by atoms with E-state index in [4.69, 9.17) is 21.1 Å². The highest BCUT2D eigenvalue weighted by molar-refractivity contribution is 9.10. The summed E-state index contributed by atoms with van der Waals surface area (Å²) < 4.78 is 11.1. The lowest BCUT2D eigenvalue weighted by molar-refractivity contribution is 0.103. The fourth-order valence-corrected chi connectivity index (χ4v) is 3.02. The van der Waals surface area contributed by atoms with Crippen LogP contribution in [0.5, 0.6) is 11.5 Å². The third-order valence-electron chi connectivity index (χ3n) is 3.10. The molecule has 0 aliphatic rings. The van der Waals surface area contributed by atoms with E-state index in [1.165, 1.54) is 14.2 Å². The van der Waals surface area contributed by atoms with Crippen molar-refractivity contribution >= 4 is 33.3 Å². The number of benzene rings is 2. The fraction of sp³-hybridized carbons (Fsp3) is 0.188. The Morgan fingerprint density at radius 3 is 2.33 bits per heavy atom. The summed E-state index contributed by atoms with van der Waals surface area (Å²) in [5.74, 6) is 0.616. The number of ether oxygens (including phenoxy) is 2. The molecule has 0 saturated heterocycles. The summed E-state index contributed by atoms with van der Waals surface area (Å²) >= 11 is 9.62. The molecule has 0 aliphatic heterocycles. The number of carbonyl (C=O) groups excluding carboxylic acids is 1. The number of aryl methyl sites for hydroxylation is 1. The van der Waals surface area contributed by atoms with E-state index < -0.39 is 0 Å². The maximum atomic E-state index is 12.7. The molecule has 0 bridgehead atoms. The number of rotatable bonds is 4. The molecule has 0 radical (unpaired) electrons. The van der Waals surface area contributed by atoms with Crippen molar-refractivity contribution in [3.05, 3.63) is 56.5 Å². The lowest BCUT2D eigenvalue weighted by Crippen LogP contribution is -2.06. The molecule has 0 fully saturated rings. The van der Waals surface area contributed by atoms with Gasteiger partial charge >= 0.3 is 0 Å². The standard InChI is InChI=1S/C16H14BrClO3/c1-9-4-5-10(12(17)8-9)15(19)11-6-7-13(20-2)14(18)16(11)21-3/h4-8H,1-3H3. The second kappa shape index (κ2) is 6.50. The molecule has 3 nitrogen and oxygen atoms in total. The molecule has 0 N–H and O–H groups in total. The maximum Gasteiger partial charge on any atom is 0.197 e. The van der Waals surface area contributed by atoms with Gasteiger partial charge in [0.15, 0.2) is 11.5 Å². The highest BCUT2D eigenvalue weighted by Crippen LogP contribution is 2.38. The Bertz CT molecular complexity index is 698. The number of ketones is 1. The van der Waals surface area contributed by atoms with Gasteiger partial charge in [0.25, 0.3) is 0 Å². The van der Waals surface area contributed by atoms with Gasteiger partial charge in [-0.2, -0.15) is 0 Å². The lowest BCUT2D eigenvalue weighted by Gasteiger charge is -2.13. The van der Waals surface area contributed by atoms with Crippen molar-refractivity contribution in [2.75, 3.05) is 14.2 Å². The summed E-state index contributed by atoms with van der Waals surface area (Å²) in [5, 5.41) is 0.286. The van der Waals surface area contributed by atoms with Crippen LogP contribution in [0, 0.1) is 6.92 Å².